The number of hydrogen-bond acceptors (Lipinski definition) is 6. The molecule has 0 bridgehead atoms. The van der Waals surface area contributed by atoms with E-state index in [-0.39, 0.29) is 24.6 Å². The largest absolute Gasteiger partial charge is 0.497 e. The average molecular weight is 424 g/mol. The Morgan fingerprint density at radius 3 is 2.48 bits per heavy atom. The molecular formula is C23H24N2O6. The molecule has 0 saturated carbocycles. The fourth-order valence-electron chi connectivity index (χ4n) is 3.04. The smallest absolute Gasteiger partial charge is 0.347 e. The van der Waals surface area contributed by atoms with Gasteiger partial charge in [0.2, 0.25) is 5.91 Å². The maximum atomic E-state index is 12.9. The van der Waals surface area contributed by atoms with Crippen LogP contribution in [0.2, 0.25) is 0 Å². The molecule has 1 heterocycles. The van der Waals surface area contributed by atoms with Crippen molar-refractivity contribution in [1.82, 2.24) is 4.57 Å². The Morgan fingerprint density at radius 1 is 1.06 bits per heavy atom. The van der Waals surface area contributed by atoms with Crippen LogP contribution < -0.4 is 20.3 Å². The van der Waals surface area contributed by atoms with Crippen molar-refractivity contribution in [3.63, 3.8) is 0 Å². The predicted molar refractivity (Wildman–Crippen MR) is 117 cm³/mol. The zero-order valence-corrected chi connectivity index (χ0v) is 17.6. The van der Waals surface area contributed by atoms with E-state index < -0.39 is 12.1 Å². The van der Waals surface area contributed by atoms with Gasteiger partial charge in [0, 0.05) is 17.3 Å². The highest BCUT2D eigenvalue weighted by atomic mass is 16.6. The SMILES string of the molecule is CCOC(=O)[C@@H](C)Oc1cccc2c(=O)n(CC(=O)Nc3ccc(OC)cc3)ccc12. The molecule has 0 aliphatic carbocycles. The molecule has 2 aromatic carbocycles. The lowest BCUT2D eigenvalue weighted by Crippen LogP contribution is -2.28. The molecule has 31 heavy (non-hydrogen) atoms. The van der Waals surface area contributed by atoms with Crippen LogP contribution in [0.3, 0.4) is 0 Å². The van der Waals surface area contributed by atoms with E-state index in [0.717, 1.165) is 0 Å². The summed E-state index contributed by atoms with van der Waals surface area (Å²) >= 11 is 0. The van der Waals surface area contributed by atoms with Crippen LogP contribution in [0, 0.1) is 0 Å². The van der Waals surface area contributed by atoms with Crippen LogP contribution in [0.15, 0.2) is 59.5 Å². The number of nitrogens with one attached hydrogen (secondary N) is 1. The number of aromatic nitrogens is 1. The summed E-state index contributed by atoms with van der Waals surface area (Å²) < 4.78 is 17.1. The van der Waals surface area contributed by atoms with Crippen molar-refractivity contribution >= 4 is 28.3 Å². The number of carbonyl (C=O) groups is 2. The van der Waals surface area contributed by atoms with Crippen LogP contribution in [0.25, 0.3) is 10.8 Å². The minimum absolute atomic E-state index is 0.148. The maximum Gasteiger partial charge on any atom is 0.347 e. The third-order valence-corrected chi connectivity index (χ3v) is 4.59. The van der Waals surface area contributed by atoms with Gasteiger partial charge in [-0.05, 0) is 56.3 Å². The zero-order chi connectivity index (χ0) is 22.4. The van der Waals surface area contributed by atoms with Gasteiger partial charge >= 0.3 is 5.97 Å². The number of hydrogen-bond donors (Lipinski definition) is 1. The number of esters is 1. The number of fused-ring (bicyclic) bond motifs is 1. The number of ether oxygens (including phenoxy) is 3. The predicted octanol–water partition coefficient (Wildman–Crippen LogP) is 2.98. The van der Waals surface area contributed by atoms with Crippen molar-refractivity contribution in [2.24, 2.45) is 0 Å². The molecule has 0 unspecified atom stereocenters. The topological polar surface area (TPSA) is 95.9 Å². The summed E-state index contributed by atoms with van der Waals surface area (Å²) in [5, 5.41) is 3.68. The average Bonchev–Trinajstić information content (AvgIpc) is 2.76. The normalized spacial score (nSPS) is 11.6. The first-order valence-corrected chi connectivity index (χ1v) is 9.82. The van der Waals surface area contributed by atoms with Gasteiger partial charge in [0.25, 0.3) is 5.56 Å². The third-order valence-electron chi connectivity index (χ3n) is 4.59. The van der Waals surface area contributed by atoms with Crippen LogP contribution in [0.5, 0.6) is 11.5 Å². The highest BCUT2D eigenvalue weighted by Gasteiger charge is 2.18. The number of nitrogens with zero attached hydrogens (tertiary/aromatic N) is 1. The molecule has 0 radical (unpaired) electrons. The highest BCUT2D eigenvalue weighted by molar-refractivity contribution is 5.91. The number of benzene rings is 2. The van der Waals surface area contributed by atoms with Crippen LogP contribution in [0.1, 0.15) is 13.8 Å². The van der Waals surface area contributed by atoms with E-state index in [1.807, 2.05) is 0 Å². The summed E-state index contributed by atoms with van der Waals surface area (Å²) in [4.78, 5) is 37.1. The van der Waals surface area contributed by atoms with E-state index in [2.05, 4.69) is 5.32 Å². The van der Waals surface area contributed by atoms with Crippen LogP contribution in [0.4, 0.5) is 5.69 Å². The second kappa shape index (κ2) is 9.80. The van der Waals surface area contributed by atoms with Crippen molar-refractivity contribution in [1.29, 1.82) is 0 Å². The van der Waals surface area contributed by atoms with Gasteiger partial charge in [-0.3, -0.25) is 9.59 Å². The van der Waals surface area contributed by atoms with E-state index in [4.69, 9.17) is 14.2 Å². The molecule has 0 aliphatic rings. The highest BCUT2D eigenvalue weighted by Crippen LogP contribution is 2.24. The van der Waals surface area contributed by atoms with Crippen molar-refractivity contribution < 1.29 is 23.8 Å². The number of amides is 1. The van der Waals surface area contributed by atoms with Gasteiger partial charge in [-0.25, -0.2) is 4.79 Å². The Balaban J connectivity index is 1.78. The first kappa shape index (κ1) is 21.9. The van der Waals surface area contributed by atoms with Crippen molar-refractivity contribution in [3.05, 3.63) is 65.1 Å². The summed E-state index contributed by atoms with van der Waals surface area (Å²) in [6.07, 6.45) is 0.712. The number of methoxy groups -OCH3 is 1. The van der Waals surface area contributed by atoms with Crippen LogP contribution in [-0.4, -0.2) is 36.3 Å². The van der Waals surface area contributed by atoms with Crippen LogP contribution in [-0.2, 0) is 20.9 Å². The molecule has 0 aliphatic heterocycles. The molecule has 8 nitrogen and oxygen atoms in total. The van der Waals surface area contributed by atoms with E-state index in [1.54, 1.807) is 69.5 Å². The molecule has 3 aromatic rings. The summed E-state index contributed by atoms with van der Waals surface area (Å²) in [6, 6.07) is 13.6. The van der Waals surface area contributed by atoms with E-state index in [1.165, 1.54) is 10.8 Å². The number of anilines is 1. The van der Waals surface area contributed by atoms with Crippen molar-refractivity contribution in [2.75, 3.05) is 19.0 Å². The Labute approximate surface area is 179 Å². The fourth-order valence-corrected chi connectivity index (χ4v) is 3.04. The van der Waals surface area contributed by atoms with Gasteiger partial charge < -0.3 is 24.1 Å². The maximum absolute atomic E-state index is 12.9. The quantitative estimate of drug-likeness (QED) is 0.559. The monoisotopic (exact) mass is 424 g/mol. The van der Waals surface area contributed by atoms with Gasteiger partial charge in [0.1, 0.15) is 18.0 Å². The van der Waals surface area contributed by atoms with Crippen molar-refractivity contribution in [3.8, 4) is 11.5 Å². The summed E-state index contributed by atoms with van der Waals surface area (Å²) in [5.41, 5.74) is 0.264. The van der Waals surface area contributed by atoms with E-state index in [9.17, 15) is 14.4 Å². The molecule has 162 valence electrons. The standard InChI is InChI=1S/C23H24N2O6/c1-4-30-23(28)15(2)31-20-7-5-6-19-18(20)12-13-25(22(19)27)14-21(26)24-16-8-10-17(29-3)11-9-16/h5-13,15H,4,14H2,1-3H3,(H,24,26)/t15-/m1/s1. The molecule has 3 rings (SSSR count). The Hall–Kier alpha value is -3.81. The molecule has 1 aromatic heterocycles. The molecule has 0 saturated heterocycles. The second-order valence-electron chi connectivity index (χ2n) is 6.75. The molecule has 1 amide bonds. The molecule has 1 atom stereocenters. The number of rotatable bonds is 8. The lowest BCUT2D eigenvalue weighted by molar-refractivity contribution is -0.150. The van der Waals surface area contributed by atoms with Gasteiger partial charge in [-0.15, -0.1) is 0 Å². The molecule has 1 N–H and O–H groups in total. The van der Waals surface area contributed by atoms with Gasteiger partial charge in [-0.2, -0.15) is 0 Å². The third kappa shape index (κ3) is 5.22. The van der Waals surface area contributed by atoms with Gasteiger partial charge in [-0.1, -0.05) is 6.07 Å². The summed E-state index contributed by atoms with van der Waals surface area (Å²) in [7, 11) is 1.56. The first-order valence-electron chi connectivity index (χ1n) is 9.82. The van der Waals surface area contributed by atoms with Gasteiger partial charge in [0.05, 0.1) is 19.1 Å². The summed E-state index contributed by atoms with van der Waals surface area (Å²) in [6.45, 7) is 3.41. The Bertz CT molecular complexity index is 1140. The fraction of sp³-hybridized carbons (Fsp3) is 0.261. The second-order valence-corrected chi connectivity index (χ2v) is 6.75. The minimum atomic E-state index is -0.816. The van der Waals surface area contributed by atoms with Crippen LogP contribution >= 0.6 is 0 Å². The van der Waals surface area contributed by atoms with Crippen molar-refractivity contribution in [2.45, 2.75) is 26.5 Å². The minimum Gasteiger partial charge on any atom is -0.497 e. The molecule has 0 fully saturated rings. The Kier molecular flexibility index (Phi) is 6.92. The van der Waals surface area contributed by atoms with E-state index in [0.29, 0.717) is 28.0 Å². The molecule has 8 heteroatoms. The first-order chi connectivity index (χ1) is 14.9. The van der Waals surface area contributed by atoms with Gasteiger partial charge in [0.15, 0.2) is 6.10 Å². The number of carbonyl (C=O) groups excluding carboxylic acids is 2. The zero-order valence-electron chi connectivity index (χ0n) is 17.6. The molecular weight excluding hydrogens is 400 g/mol. The lowest BCUT2D eigenvalue weighted by atomic mass is 10.1. The Morgan fingerprint density at radius 2 is 1.81 bits per heavy atom. The summed E-state index contributed by atoms with van der Waals surface area (Å²) in [5.74, 6) is 0.252. The van der Waals surface area contributed by atoms with E-state index >= 15 is 0 Å². The number of pyridine rings is 1. The lowest BCUT2D eigenvalue weighted by Gasteiger charge is -2.15. The molecule has 0 spiro atoms.